The summed E-state index contributed by atoms with van der Waals surface area (Å²) in [7, 11) is 3.40. The van der Waals surface area contributed by atoms with E-state index in [1.807, 2.05) is 16.8 Å². The molecule has 7 heteroatoms. The zero-order valence-corrected chi connectivity index (χ0v) is 17.8. The van der Waals surface area contributed by atoms with Crippen molar-refractivity contribution in [3.63, 3.8) is 0 Å². The van der Waals surface area contributed by atoms with E-state index in [4.69, 9.17) is 21.7 Å². The van der Waals surface area contributed by atoms with Gasteiger partial charge in [-0.25, -0.2) is 4.68 Å². The van der Waals surface area contributed by atoms with Gasteiger partial charge in [-0.1, -0.05) is 29.8 Å². The van der Waals surface area contributed by atoms with Crippen LogP contribution in [-0.4, -0.2) is 40.4 Å². The minimum atomic E-state index is 0.244. The van der Waals surface area contributed by atoms with E-state index in [-0.39, 0.29) is 6.04 Å². The number of benzene rings is 2. The Morgan fingerprint density at radius 1 is 1.14 bits per heavy atom. The summed E-state index contributed by atoms with van der Waals surface area (Å²) in [5.74, 6) is 2.52. The van der Waals surface area contributed by atoms with Crippen LogP contribution in [-0.2, 0) is 6.67 Å². The predicted octanol–water partition coefficient (Wildman–Crippen LogP) is 4.73. The van der Waals surface area contributed by atoms with Gasteiger partial charge < -0.3 is 9.47 Å². The van der Waals surface area contributed by atoms with Crippen molar-refractivity contribution in [3.05, 3.63) is 58.4 Å². The number of aryl methyl sites for hydroxylation is 1. The highest BCUT2D eigenvalue weighted by Crippen LogP contribution is 2.39. The van der Waals surface area contributed by atoms with Gasteiger partial charge in [-0.3, -0.25) is 10.00 Å². The van der Waals surface area contributed by atoms with Crippen LogP contribution < -0.4 is 9.47 Å². The normalized spacial score (nSPS) is 16.9. The van der Waals surface area contributed by atoms with E-state index in [1.165, 1.54) is 5.56 Å². The van der Waals surface area contributed by atoms with Gasteiger partial charge in [-0.15, -0.1) is 0 Å². The van der Waals surface area contributed by atoms with Crippen LogP contribution in [0.5, 0.6) is 11.5 Å². The van der Waals surface area contributed by atoms with Crippen LogP contribution in [0.15, 0.2) is 42.5 Å². The maximum absolute atomic E-state index is 5.62. The summed E-state index contributed by atoms with van der Waals surface area (Å²) in [4.78, 5) is 6.97. The molecule has 1 aliphatic heterocycles. The van der Waals surface area contributed by atoms with Crippen molar-refractivity contribution in [1.82, 2.24) is 19.7 Å². The largest absolute Gasteiger partial charge is 0.497 e. The van der Waals surface area contributed by atoms with Gasteiger partial charge in [0, 0.05) is 23.7 Å². The highest BCUT2D eigenvalue weighted by atomic mass is 32.1. The fourth-order valence-corrected chi connectivity index (χ4v) is 4.12. The third-order valence-electron chi connectivity index (χ3n) is 5.49. The van der Waals surface area contributed by atoms with E-state index in [0.29, 0.717) is 11.4 Å². The predicted molar refractivity (Wildman–Crippen MR) is 116 cm³/mol. The molecule has 0 radical (unpaired) electrons. The molecule has 1 N–H and O–H groups in total. The number of hydrogen-bond acceptors (Lipinski definition) is 5. The molecular formula is C22H26N4O2S. The molecule has 152 valence electrons. The van der Waals surface area contributed by atoms with Gasteiger partial charge in [0.25, 0.3) is 0 Å². The first kappa shape index (κ1) is 19.7. The minimum absolute atomic E-state index is 0.244. The molecule has 0 bridgehead atoms. The number of nitrogens with one attached hydrogen (secondary N) is 1. The quantitative estimate of drug-likeness (QED) is 0.596. The number of H-pyrrole nitrogens is 1. The van der Waals surface area contributed by atoms with Gasteiger partial charge in [0.15, 0.2) is 5.82 Å². The lowest BCUT2D eigenvalue weighted by Crippen LogP contribution is -2.27. The van der Waals surface area contributed by atoms with Crippen molar-refractivity contribution in [2.24, 2.45) is 0 Å². The van der Waals surface area contributed by atoms with Crippen LogP contribution >= 0.6 is 12.2 Å². The van der Waals surface area contributed by atoms with Gasteiger partial charge in [0.05, 0.1) is 20.9 Å². The Morgan fingerprint density at radius 2 is 1.93 bits per heavy atom. The van der Waals surface area contributed by atoms with Crippen molar-refractivity contribution >= 4 is 12.2 Å². The van der Waals surface area contributed by atoms with Crippen molar-refractivity contribution in [1.29, 1.82) is 0 Å². The summed E-state index contributed by atoms with van der Waals surface area (Å²) in [5, 5.41) is 3.37. The smallest absolute Gasteiger partial charge is 0.217 e. The van der Waals surface area contributed by atoms with Crippen LogP contribution in [0.1, 0.15) is 30.0 Å². The molecule has 1 fully saturated rings. The Labute approximate surface area is 176 Å². The van der Waals surface area contributed by atoms with Crippen molar-refractivity contribution < 1.29 is 9.47 Å². The molecule has 4 rings (SSSR count). The number of rotatable bonds is 6. The minimum Gasteiger partial charge on any atom is -0.497 e. The zero-order valence-electron chi connectivity index (χ0n) is 17.0. The van der Waals surface area contributed by atoms with E-state index in [0.717, 1.165) is 47.8 Å². The number of ether oxygens (including phenoxy) is 2. The van der Waals surface area contributed by atoms with Gasteiger partial charge in [0.2, 0.25) is 4.77 Å². The van der Waals surface area contributed by atoms with Gasteiger partial charge >= 0.3 is 0 Å². The van der Waals surface area contributed by atoms with Gasteiger partial charge in [-0.05, 0) is 50.2 Å². The first-order valence-electron chi connectivity index (χ1n) is 9.79. The van der Waals surface area contributed by atoms with E-state index in [1.54, 1.807) is 14.2 Å². The number of aromatic nitrogens is 3. The summed E-state index contributed by atoms with van der Waals surface area (Å²) >= 11 is 5.53. The molecular weight excluding hydrogens is 384 g/mol. The summed E-state index contributed by atoms with van der Waals surface area (Å²) in [6.07, 6.45) is 2.19. The zero-order chi connectivity index (χ0) is 20.4. The maximum atomic E-state index is 5.62. The number of nitrogens with zero attached hydrogens (tertiary/aromatic N) is 3. The van der Waals surface area contributed by atoms with Crippen LogP contribution in [0.4, 0.5) is 0 Å². The van der Waals surface area contributed by atoms with Crippen LogP contribution in [0.3, 0.4) is 0 Å². The fraction of sp³-hybridized carbons (Fsp3) is 0.364. The average molecular weight is 411 g/mol. The third-order valence-corrected chi connectivity index (χ3v) is 5.80. The Kier molecular flexibility index (Phi) is 5.69. The number of likely N-dealkylation sites (tertiary alicyclic amines) is 1. The Morgan fingerprint density at radius 3 is 2.66 bits per heavy atom. The molecule has 3 aromatic rings. The molecule has 2 aromatic carbocycles. The molecule has 0 aliphatic carbocycles. The number of methoxy groups -OCH3 is 2. The molecule has 1 atom stereocenters. The average Bonchev–Trinajstić information content (AvgIpc) is 3.35. The second-order valence-corrected chi connectivity index (χ2v) is 7.73. The van der Waals surface area contributed by atoms with Crippen molar-refractivity contribution in [2.45, 2.75) is 32.5 Å². The van der Waals surface area contributed by atoms with E-state index < -0.39 is 0 Å². The van der Waals surface area contributed by atoms with E-state index >= 15 is 0 Å². The monoisotopic (exact) mass is 410 g/mol. The first-order chi connectivity index (χ1) is 14.1. The SMILES string of the molecule is COc1ccc(OC)c(C2CCCN2Cn2[nH]c(-c3ccc(C)cc3)nc2=S)c1. The van der Waals surface area contributed by atoms with Crippen LogP contribution in [0.25, 0.3) is 11.4 Å². The number of hydrogen-bond donors (Lipinski definition) is 1. The van der Waals surface area contributed by atoms with Gasteiger partial charge in [-0.2, -0.15) is 4.98 Å². The highest BCUT2D eigenvalue weighted by Gasteiger charge is 2.29. The molecule has 2 heterocycles. The summed E-state index contributed by atoms with van der Waals surface area (Å²) in [5.41, 5.74) is 3.40. The molecule has 29 heavy (non-hydrogen) atoms. The second-order valence-electron chi connectivity index (χ2n) is 7.37. The Bertz CT molecular complexity index is 1040. The topological polar surface area (TPSA) is 55.3 Å². The lowest BCUT2D eigenvalue weighted by molar-refractivity contribution is 0.187. The second kappa shape index (κ2) is 8.39. The van der Waals surface area contributed by atoms with Crippen LogP contribution in [0, 0.1) is 11.7 Å². The van der Waals surface area contributed by atoms with Crippen molar-refractivity contribution in [3.8, 4) is 22.9 Å². The molecule has 0 spiro atoms. The lowest BCUT2D eigenvalue weighted by Gasteiger charge is -2.26. The van der Waals surface area contributed by atoms with Crippen LogP contribution in [0.2, 0.25) is 0 Å². The fourth-order valence-electron chi connectivity index (χ4n) is 3.92. The van der Waals surface area contributed by atoms with Gasteiger partial charge in [0.1, 0.15) is 11.5 Å². The maximum Gasteiger partial charge on any atom is 0.217 e. The Hall–Kier alpha value is -2.64. The molecule has 6 nitrogen and oxygen atoms in total. The molecule has 0 amide bonds. The third kappa shape index (κ3) is 4.06. The molecule has 1 aliphatic rings. The van der Waals surface area contributed by atoms with E-state index in [2.05, 4.69) is 52.2 Å². The molecule has 1 saturated heterocycles. The first-order valence-corrected chi connectivity index (χ1v) is 10.2. The molecule has 1 unspecified atom stereocenters. The Balaban J connectivity index is 1.60. The number of aromatic amines is 1. The highest BCUT2D eigenvalue weighted by molar-refractivity contribution is 7.71. The molecule has 1 aromatic heterocycles. The standard InChI is InChI=1S/C22H26N4O2S/c1-15-6-8-16(9-7-15)21-23-22(29)26(24-21)14-25-12-4-5-19(25)18-13-17(27-2)10-11-20(18)28-3/h6-11,13,19H,4-5,12,14H2,1-3H3,(H,23,24,29). The van der Waals surface area contributed by atoms with Crippen molar-refractivity contribution in [2.75, 3.05) is 20.8 Å². The summed E-state index contributed by atoms with van der Waals surface area (Å²) < 4.78 is 13.6. The summed E-state index contributed by atoms with van der Waals surface area (Å²) in [6.45, 7) is 3.72. The molecule has 0 saturated carbocycles. The van der Waals surface area contributed by atoms with E-state index in [9.17, 15) is 0 Å². The lowest BCUT2D eigenvalue weighted by atomic mass is 10.0. The summed E-state index contributed by atoms with van der Waals surface area (Å²) in [6, 6.07) is 14.5.